The Morgan fingerprint density at radius 3 is 1.94 bits per heavy atom. The molecule has 2 nitrogen and oxygen atoms in total. The van der Waals surface area contributed by atoms with E-state index in [1.54, 1.807) is 0 Å². The number of rotatable bonds is 3. The summed E-state index contributed by atoms with van der Waals surface area (Å²) >= 11 is 1.88. The molecule has 0 unspecified atom stereocenters. The highest BCUT2D eigenvalue weighted by molar-refractivity contribution is 7.26. The first-order chi connectivity index (χ1) is 16.4. The summed E-state index contributed by atoms with van der Waals surface area (Å²) in [4.78, 5) is 5.97. The summed E-state index contributed by atoms with van der Waals surface area (Å²) in [6.45, 7) is 0. The van der Waals surface area contributed by atoms with Gasteiger partial charge in [-0.3, -0.25) is 0 Å². The lowest BCUT2D eigenvalue weighted by Gasteiger charge is -2.25. The van der Waals surface area contributed by atoms with Crippen LogP contribution in [0.1, 0.15) is 0 Å². The summed E-state index contributed by atoms with van der Waals surface area (Å²) in [5, 5.41) is 5.24. The Balaban J connectivity index is 1.53. The maximum absolute atomic E-state index is 3.65. The third kappa shape index (κ3) is 2.86. The van der Waals surface area contributed by atoms with Crippen LogP contribution in [0.2, 0.25) is 0 Å². The van der Waals surface area contributed by atoms with Crippen molar-refractivity contribution in [3.63, 3.8) is 0 Å². The Labute approximate surface area is 195 Å². The van der Waals surface area contributed by atoms with Gasteiger partial charge in [-0.2, -0.15) is 0 Å². The second kappa shape index (κ2) is 7.22. The van der Waals surface area contributed by atoms with E-state index in [0.717, 1.165) is 17.1 Å². The van der Waals surface area contributed by atoms with E-state index in [1.165, 1.54) is 42.0 Å². The summed E-state index contributed by atoms with van der Waals surface area (Å²) in [6, 6.07) is 41.1. The molecule has 0 aliphatic rings. The molecule has 0 saturated heterocycles. The van der Waals surface area contributed by atoms with Crippen LogP contribution in [0.3, 0.4) is 0 Å². The molecular formula is C30H20N2S. The fourth-order valence-electron chi connectivity index (χ4n) is 4.89. The minimum absolute atomic E-state index is 1.15. The number of H-pyrrole nitrogens is 1. The van der Waals surface area contributed by atoms with Crippen molar-refractivity contribution in [2.75, 3.05) is 4.90 Å². The molecule has 2 aromatic heterocycles. The first-order valence-electron chi connectivity index (χ1n) is 11.1. The van der Waals surface area contributed by atoms with Crippen molar-refractivity contribution in [3.8, 4) is 0 Å². The number of para-hydroxylation sites is 2. The van der Waals surface area contributed by atoms with Gasteiger partial charge < -0.3 is 9.88 Å². The molecule has 2 heterocycles. The van der Waals surface area contributed by atoms with Gasteiger partial charge in [-0.25, -0.2) is 0 Å². The Bertz CT molecular complexity index is 1720. The Kier molecular flexibility index (Phi) is 4.05. The molecule has 7 aromatic rings. The summed E-state index contributed by atoms with van der Waals surface area (Å²) in [7, 11) is 0. The SMILES string of the molecule is c1ccc(N(c2ccccc2)c2ccc3[nH]c4ccc5c6ccccc6sc5c4c3c2)cc1. The lowest BCUT2D eigenvalue weighted by atomic mass is 10.1. The first-order valence-corrected chi connectivity index (χ1v) is 11.9. The van der Waals surface area contributed by atoms with Crippen molar-refractivity contribution in [2.45, 2.75) is 0 Å². The standard InChI is InChI=1S/C30H20N2S/c1-3-9-20(10-4-1)32(21-11-5-2-6-12-21)22-15-17-26-25(19-22)29-27(31-26)18-16-24-23-13-7-8-14-28(23)33-30(24)29/h1-19,31H. The lowest BCUT2D eigenvalue weighted by Crippen LogP contribution is -2.09. The van der Waals surface area contributed by atoms with Gasteiger partial charge in [0.25, 0.3) is 0 Å². The van der Waals surface area contributed by atoms with Gasteiger partial charge in [0.2, 0.25) is 0 Å². The van der Waals surface area contributed by atoms with E-state index >= 15 is 0 Å². The average Bonchev–Trinajstić information content (AvgIpc) is 3.43. The summed E-state index contributed by atoms with van der Waals surface area (Å²) in [6.07, 6.45) is 0. The Morgan fingerprint density at radius 2 is 1.18 bits per heavy atom. The van der Waals surface area contributed by atoms with E-state index in [2.05, 4.69) is 125 Å². The summed E-state index contributed by atoms with van der Waals surface area (Å²) < 4.78 is 2.68. The Morgan fingerprint density at radius 1 is 0.515 bits per heavy atom. The number of aromatic nitrogens is 1. The number of fused-ring (bicyclic) bond motifs is 7. The first kappa shape index (κ1) is 18.5. The second-order valence-electron chi connectivity index (χ2n) is 8.32. The van der Waals surface area contributed by atoms with Crippen LogP contribution in [-0.4, -0.2) is 4.98 Å². The number of hydrogen-bond acceptors (Lipinski definition) is 2. The van der Waals surface area contributed by atoms with E-state index in [-0.39, 0.29) is 0 Å². The van der Waals surface area contributed by atoms with Crippen molar-refractivity contribution < 1.29 is 0 Å². The van der Waals surface area contributed by atoms with E-state index in [9.17, 15) is 0 Å². The van der Waals surface area contributed by atoms with Crippen LogP contribution in [-0.2, 0) is 0 Å². The number of anilines is 3. The molecule has 0 saturated carbocycles. The van der Waals surface area contributed by atoms with Crippen LogP contribution in [0.25, 0.3) is 42.0 Å². The molecule has 5 aromatic carbocycles. The predicted octanol–water partition coefficient (Wildman–Crippen LogP) is 9.16. The molecule has 0 fully saturated rings. The predicted molar refractivity (Wildman–Crippen MR) is 143 cm³/mol. The maximum Gasteiger partial charge on any atom is 0.0479 e. The molecule has 3 heteroatoms. The minimum atomic E-state index is 1.15. The van der Waals surface area contributed by atoms with Crippen LogP contribution in [0, 0.1) is 0 Å². The number of thiophene rings is 1. The molecule has 0 aliphatic carbocycles. The van der Waals surface area contributed by atoms with Gasteiger partial charge in [-0.15, -0.1) is 11.3 Å². The third-order valence-electron chi connectivity index (χ3n) is 6.38. The van der Waals surface area contributed by atoms with E-state index < -0.39 is 0 Å². The molecule has 0 radical (unpaired) electrons. The maximum atomic E-state index is 3.65. The number of hydrogen-bond donors (Lipinski definition) is 1. The van der Waals surface area contributed by atoms with Crippen molar-refractivity contribution in [3.05, 3.63) is 115 Å². The second-order valence-corrected chi connectivity index (χ2v) is 9.38. The smallest absolute Gasteiger partial charge is 0.0479 e. The summed E-state index contributed by atoms with van der Waals surface area (Å²) in [5.41, 5.74) is 5.80. The van der Waals surface area contributed by atoms with E-state index in [4.69, 9.17) is 0 Å². The van der Waals surface area contributed by atoms with Crippen molar-refractivity contribution in [1.29, 1.82) is 0 Å². The molecule has 0 atom stereocenters. The molecule has 156 valence electrons. The molecule has 33 heavy (non-hydrogen) atoms. The summed E-state index contributed by atoms with van der Waals surface area (Å²) in [5.74, 6) is 0. The number of nitrogens with zero attached hydrogens (tertiary/aromatic N) is 1. The zero-order valence-corrected chi connectivity index (χ0v) is 18.6. The third-order valence-corrected chi connectivity index (χ3v) is 7.58. The van der Waals surface area contributed by atoms with Gasteiger partial charge in [0.15, 0.2) is 0 Å². The fourth-order valence-corrected chi connectivity index (χ4v) is 6.16. The van der Waals surface area contributed by atoms with Gasteiger partial charge in [0.1, 0.15) is 0 Å². The van der Waals surface area contributed by atoms with Crippen LogP contribution in [0.15, 0.2) is 115 Å². The van der Waals surface area contributed by atoms with Crippen LogP contribution < -0.4 is 4.90 Å². The van der Waals surface area contributed by atoms with Gasteiger partial charge in [-0.05, 0) is 54.6 Å². The van der Waals surface area contributed by atoms with Crippen molar-refractivity contribution in [2.24, 2.45) is 0 Å². The highest BCUT2D eigenvalue weighted by Crippen LogP contribution is 2.43. The van der Waals surface area contributed by atoms with Crippen LogP contribution >= 0.6 is 11.3 Å². The minimum Gasteiger partial charge on any atom is -0.354 e. The number of benzene rings is 5. The topological polar surface area (TPSA) is 19.0 Å². The van der Waals surface area contributed by atoms with Crippen molar-refractivity contribution >= 4 is 70.4 Å². The lowest BCUT2D eigenvalue weighted by molar-refractivity contribution is 1.29. The molecule has 0 amide bonds. The van der Waals surface area contributed by atoms with Gasteiger partial charge >= 0.3 is 0 Å². The monoisotopic (exact) mass is 440 g/mol. The zero-order chi connectivity index (χ0) is 21.8. The molecule has 7 rings (SSSR count). The fraction of sp³-hybridized carbons (Fsp3) is 0. The average molecular weight is 441 g/mol. The van der Waals surface area contributed by atoms with E-state index in [1.807, 2.05) is 11.3 Å². The zero-order valence-electron chi connectivity index (χ0n) is 17.8. The number of nitrogens with one attached hydrogen (secondary N) is 1. The molecule has 0 spiro atoms. The van der Waals surface area contributed by atoms with E-state index in [0.29, 0.717) is 0 Å². The number of aromatic amines is 1. The molecular weight excluding hydrogens is 420 g/mol. The highest BCUT2D eigenvalue weighted by atomic mass is 32.1. The Hall–Kier alpha value is -4.08. The normalized spacial score (nSPS) is 11.6. The largest absolute Gasteiger partial charge is 0.354 e. The quantitative estimate of drug-likeness (QED) is 0.290. The highest BCUT2D eigenvalue weighted by Gasteiger charge is 2.16. The van der Waals surface area contributed by atoms with Gasteiger partial charge in [0.05, 0.1) is 0 Å². The van der Waals surface area contributed by atoms with Gasteiger partial charge in [0, 0.05) is 59.0 Å². The molecule has 0 bridgehead atoms. The van der Waals surface area contributed by atoms with Gasteiger partial charge in [-0.1, -0.05) is 60.7 Å². The van der Waals surface area contributed by atoms with Crippen LogP contribution in [0.5, 0.6) is 0 Å². The molecule has 1 N–H and O–H groups in total. The van der Waals surface area contributed by atoms with Crippen molar-refractivity contribution in [1.82, 2.24) is 4.98 Å². The molecule has 0 aliphatic heterocycles. The van der Waals surface area contributed by atoms with Crippen LogP contribution in [0.4, 0.5) is 17.1 Å².